The van der Waals surface area contributed by atoms with Crippen LogP contribution in [0.25, 0.3) is 0 Å². The lowest BCUT2D eigenvalue weighted by molar-refractivity contribution is 0.0729. The molecule has 2 aromatic carbocycles. The van der Waals surface area contributed by atoms with E-state index in [0.717, 1.165) is 29.9 Å². The fourth-order valence-electron chi connectivity index (χ4n) is 3.18. The lowest BCUT2D eigenvalue weighted by Gasteiger charge is -2.23. The molecule has 1 saturated carbocycles. The molecule has 0 radical (unpaired) electrons. The Morgan fingerprint density at radius 3 is 2.24 bits per heavy atom. The van der Waals surface area contributed by atoms with Crippen molar-refractivity contribution in [2.45, 2.75) is 25.4 Å². The van der Waals surface area contributed by atoms with E-state index in [-0.39, 0.29) is 19.5 Å². The zero-order valence-corrected chi connectivity index (χ0v) is 13.6. The first-order chi connectivity index (χ1) is 12.3. The fourth-order valence-corrected chi connectivity index (χ4v) is 3.18. The topological polar surface area (TPSA) is 57.2 Å². The summed E-state index contributed by atoms with van der Waals surface area (Å²) in [4.78, 5) is 15.0. The smallest absolute Gasteiger partial charge is 0.254 e. The normalized spacial score (nSPS) is 16.8. The largest absolute Gasteiger partial charge is 0.454 e. The molecule has 0 spiro atoms. The van der Waals surface area contributed by atoms with Gasteiger partial charge in [0.25, 0.3) is 5.91 Å². The number of carbonyl (C=O) groups excluding carboxylic acids is 1. The monoisotopic (exact) mass is 339 g/mol. The lowest BCUT2D eigenvalue weighted by atomic mass is 10.1. The van der Waals surface area contributed by atoms with Gasteiger partial charge in [-0.3, -0.25) is 4.79 Å². The zero-order valence-electron chi connectivity index (χ0n) is 13.6. The average molecular weight is 339 g/mol. The summed E-state index contributed by atoms with van der Waals surface area (Å²) in [5.41, 5.74) is 1.65. The Bertz CT molecular complexity index is 846. The summed E-state index contributed by atoms with van der Waals surface area (Å²) < 4.78 is 21.5. The number of benzene rings is 2. The van der Waals surface area contributed by atoms with E-state index in [1.165, 1.54) is 0 Å². The maximum atomic E-state index is 13.0. The standard InChI is InChI=1S/C19H17NO5/c21-19(13-2-6-16-18(8-13)25-11-23-16)20(14-3-4-14)9-12-1-5-15-17(7-12)24-10-22-15/h1-2,5-8,14H,3-4,9-11H2. The summed E-state index contributed by atoms with van der Waals surface area (Å²) in [6.07, 6.45) is 2.09. The van der Waals surface area contributed by atoms with Gasteiger partial charge in [0.05, 0.1) is 0 Å². The Hall–Kier alpha value is -2.89. The molecular weight excluding hydrogens is 322 g/mol. The molecule has 2 aliphatic heterocycles. The van der Waals surface area contributed by atoms with Crippen LogP contribution in [-0.2, 0) is 6.54 Å². The van der Waals surface area contributed by atoms with Gasteiger partial charge >= 0.3 is 0 Å². The Kier molecular flexibility index (Phi) is 3.23. The number of hydrogen-bond acceptors (Lipinski definition) is 5. The van der Waals surface area contributed by atoms with Gasteiger partial charge in [0.1, 0.15) is 0 Å². The van der Waals surface area contributed by atoms with Crippen LogP contribution >= 0.6 is 0 Å². The van der Waals surface area contributed by atoms with E-state index in [0.29, 0.717) is 29.6 Å². The third-order valence-corrected chi connectivity index (χ3v) is 4.66. The van der Waals surface area contributed by atoms with Crippen molar-refractivity contribution in [3.8, 4) is 23.0 Å². The number of amides is 1. The van der Waals surface area contributed by atoms with E-state index in [4.69, 9.17) is 18.9 Å². The van der Waals surface area contributed by atoms with Crippen molar-refractivity contribution in [2.24, 2.45) is 0 Å². The van der Waals surface area contributed by atoms with Crippen LogP contribution in [0.1, 0.15) is 28.8 Å². The van der Waals surface area contributed by atoms with Crippen LogP contribution in [0.2, 0.25) is 0 Å². The van der Waals surface area contributed by atoms with Crippen LogP contribution in [-0.4, -0.2) is 30.4 Å². The van der Waals surface area contributed by atoms with E-state index in [9.17, 15) is 4.79 Å². The quantitative estimate of drug-likeness (QED) is 0.857. The predicted octanol–water partition coefficient (Wildman–Crippen LogP) is 2.95. The van der Waals surface area contributed by atoms with E-state index < -0.39 is 0 Å². The molecule has 1 fully saturated rings. The average Bonchev–Trinajstić information content (AvgIpc) is 3.18. The molecule has 0 aromatic heterocycles. The molecule has 6 heteroatoms. The number of fused-ring (bicyclic) bond motifs is 2. The maximum absolute atomic E-state index is 13.0. The summed E-state index contributed by atoms with van der Waals surface area (Å²) in [6, 6.07) is 11.5. The molecule has 25 heavy (non-hydrogen) atoms. The van der Waals surface area contributed by atoms with Gasteiger partial charge in [0.2, 0.25) is 13.6 Å². The summed E-state index contributed by atoms with van der Waals surface area (Å²) >= 11 is 0. The molecule has 0 unspecified atom stereocenters. The molecule has 3 aliphatic rings. The van der Waals surface area contributed by atoms with Crippen molar-refractivity contribution in [2.75, 3.05) is 13.6 Å². The first-order valence-corrected chi connectivity index (χ1v) is 8.37. The Labute approximate surface area is 144 Å². The molecule has 2 heterocycles. The van der Waals surface area contributed by atoms with Gasteiger partial charge < -0.3 is 23.8 Å². The predicted molar refractivity (Wildman–Crippen MR) is 88.0 cm³/mol. The Morgan fingerprint density at radius 1 is 0.880 bits per heavy atom. The van der Waals surface area contributed by atoms with Gasteiger partial charge in [0, 0.05) is 18.2 Å². The lowest BCUT2D eigenvalue weighted by Crippen LogP contribution is -2.32. The minimum atomic E-state index is 0.0125. The summed E-state index contributed by atoms with van der Waals surface area (Å²) in [5.74, 6) is 2.82. The highest BCUT2D eigenvalue weighted by molar-refractivity contribution is 5.95. The van der Waals surface area contributed by atoms with Crippen molar-refractivity contribution in [3.05, 3.63) is 47.5 Å². The highest BCUT2D eigenvalue weighted by atomic mass is 16.7. The van der Waals surface area contributed by atoms with Crippen LogP contribution in [0, 0.1) is 0 Å². The zero-order chi connectivity index (χ0) is 16.8. The first-order valence-electron chi connectivity index (χ1n) is 8.37. The number of rotatable bonds is 4. The Morgan fingerprint density at radius 2 is 1.52 bits per heavy atom. The van der Waals surface area contributed by atoms with Gasteiger partial charge in [0.15, 0.2) is 23.0 Å². The minimum Gasteiger partial charge on any atom is -0.454 e. The third-order valence-electron chi connectivity index (χ3n) is 4.66. The van der Waals surface area contributed by atoms with Crippen LogP contribution in [0.5, 0.6) is 23.0 Å². The van der Waals surface area contributed by atoms with Crippen LogP contribution in [0.4, 0.5) is 0 Å². The molecule has 0 saturated heterocycles. The van der Waals surface area contributed by atoms with Crippen LogP contribution in [0.3, 0.4) is 0 Å². The van der Waals surface area contributed by atoms with E-state index in [1.54, 1.807) is 18.2 Å². The van der Waals surface area contributed by atoms with Gasteiger partial charge in [-0.05, 0) is 48.7 Å². The van der Waals surface area contributed by atoms with Crippen LogP contribution in [0.15, 0.2) is 36.4 Å². The van der Waals surface area contributed by atoms with Crippen LogP contribution < -0.4 is 18.9 Å². The summed E-state index contributed by atoms with van der Waals surface area (Å²) in [5, 5.41) is 0. The second kappa shape index (κ2) is 5.58. The van der Waals surface area contributed by atoms with Gasteiger partial charge in [-0.1, -0.05) is 6.07 Å². The molecule has 0 atom stereocenters. The van der Waals surface area contributed by atoms with Gasteiger partial charge in [-0.2, -0.15) is 0 Å². The van der Waals surface area contributed by atoms with Gasteiger partial charge in [-0.25, -0.2) is 0 Å². The Balaban J connectivity index is 1.40. The molecular formula is C19H17NO5. The van der Waals surface area contributed by atoms with E-state index in [2.05, 4.69) is 0 Å². The SMILES string of the molecule is O=C(c1ccc2c(c1)OCO2)N(Cc1ccc2c(c1)OCO2)C1CC1. The van der Waals surface area contributed by atoms with E-state index in [1.807, 2.05) is 23.1 Å². The van der Waals surface area contributed by atoms with Crippen molar-refractivity contribution in [3.63, 3.8) is 0 Å². The van der Waals surface area contributed by atoms with Crippen molar-refractivity contribution >= 4 is 5.91 Å². The van der Waals surface area contributed by atoms with E-state index >= 15 is 0 Å². The molecule has 2 aromatic rings. The fraction of sp³-hybridized carbons (Fsp3) is 0.316. The number of hydrogen-bond donors (Lipinski definition) is 0. The van der Waals surface area contributed by atoms with Crippen molar-refractivity contribution < 1.29 is 23.7 Å². The van der Waals surface area contributed by atoms with Gasteiger partial charge in [-0.15, -0.1) is 0 Å². The second-order valence-electron chi connectivity index (χ2n) is 6.42. The maximum Gasteiger partial charge on any atom is 0.254 e. The highest BCUT2D eigenvalue weighted by Crippen LogP contribution is 2.36. The highest BCUT2D eigenvalue weighted by Gasteiger charge is 2.34. The molecule has 128 valence electrons. The molecule has 5 rings (SSSR count). The minimum absolute atomic E-state index is 0.0125. The van der Waals surface area contributed by atoms with Crippen molar-refractivity contribution in [1.29, 1.82) is 0 Å². The summed E-state index contributed by atoms with van der Waals surface area (Å²) in [6.45, 7) is 1.01. The molecule has 0 N–H and O–H groups in total. The number of ether oxygens (including phenoxy) is 4. The molecule has 1 amide bonds. The van der Waals surface area contributed by atoms with Crippen molar-refractivity contribution in [1.82, 2.24) is 4.90 Å². The molecule has 6 nitrogen and oxygen atoms in total. The third kappa shape index (κ3) is 2.63. The summed E-state index contributed by atoms with van der Waals surface area (Å²) in [7, 11) is 0. The molecule has 0 bridgehead atoms. The number of nitrogens with zero attached hydrogens (tertiary/aromatic N) is 1. The molecule has 1 aliphatic carbocycles. The number of carbonyl (C=O) groups is 1. The first kappa shape index (κ1) is 14.5. The second-order valence-corrected chi connectivity index (χ2v) is 6.42.